The Hall–Kier alpha value is -0.0800. The van der Waals surface area contributed by atoms with Crippen molar-refractivity contribution in [2.24, 2.45) is 5.73 Å². The van der Waals surface area contributed by atoms with E-state index in [1.165, 1.54) is 25.8 Å². The molecule has 1 rings (SSSR count). The minimum Gasteiger partial charge on any atom is -0.330 e. The van der Waals surface area contributed by atoms with Gasteiger partial charge in [0, 0.05) is 18.6 Å². The summed E-state index contributed by atoms with van der Waals surface area (Å²) in [5.74, 6) is 0. The van der Waals surface area contributed by atoms with Gasteiger partial charge in [0.1, 0.15) is 0 Å². The van der Waals surface area contributed by atoms with Gasteiger partial charge in [-0.25, -0.2) is 0 Å². The second-order valence-electron chi connectivity index (χ2n) is 3.66. The van der Waals surface area contributed by atoms with E-state index < -0.39 is 0 Å². The summed E-state index contributed by atoms with van der Waals surface area (Å²) in [4.78, 5) is 2.57. The van der Waals surface area contributed by atoms with E-state index >= 15 is 0 Å². The fourth-order valence-corrected chi connectivity index (χ4v) is 1.77. The molecule has 0 aliphatic carbocycles. The predicted molar refractivity (Wildman–Crippen MR) is 48.5 cm³/mol. The van der Waals surface area contributed by atoms with Crippen molar-refractivity contribution in [3.8, 4) is 0 Å². The normalized spacial score (nSPS) is 28.1. The zero-order chi connectivity index (χ0) is 8.27. The third kappa shape index (κ3) is 2.17. The topological polar surface area (TPSA) is 29.3 Å². The number of hydrogen-bond donors (Lipinski definition) is 1. The monoisotopic (exact) mass is 156 g/mol. The Balaban J connectivity index is 2.13. The molecule has 2 unspecified atom stereocenters. The Morgan fingerprint density at radius 1 is 1.64 bits per heavy atom. The van der Waals surface area contributed by atoms with E-state index in [2.05, 4.69) is 18.7 Å². The van der Waals surface area contributed by atoms with Gasteiger partial charge in [0.15, 0.2) is 0 Å². The smallest absolute Gasteiger partial charge is 0.00819 e. The minimum atomic E-state index is 0.752. The quantitative estimate of drug-likeness (QED) is 0.663. The van der Waals surface area contributed by atoms with Gasteiger partial charge in [-0.2, -0.15) is 0 Å². The van der Waals surface area contributed by atoms with Crippen LogP contribution in [0.15, 0.2) is 0 Å². The number of rotatable bonds is 4. The molecule has 1 aliphatic heterocycles. The molecule has 2 heteroatoms. The molecule has 0 amide bonds. The van der Waals surface area contributed by atoms with Crippen LogP contribution in [0.1, 0.15) is 33.1 Å². The molecule has 2 atom stereocenters. The third-order valence-electron chi connectivity index (χ3n) is 2.76. The minimum absolute atomic E-state index is 0.752. The molecular formula is C9H20N2. The van der Waals surface area contributed by atoms with Gasteiger partial charge in [-0.3, -0.25) is 4.90 Å². The highest BCUT2D eigenvalue weighted by Crippen LogP contribution is 2.21. The first kappa shape index (κ1) is 9.01. The molecular weight excluding hydrogens is 136 g/mol. The van der Waals surface area contributed by atoms with Crippen LogP contribution >= 0.6 is 0 Å². The Kier molecular flexibility index (Phi) is 3.34. The molecule has 1 fully saturated rings. The lowest BCUT2D eigenvalue weighted by molar-refractivity contribution is 0.0562. The van der Waals surface area contributed by atoms with Crippen molar-refractivity contribution in [3.05, 3.63) is 0 Å². The van der Waals surface area contributed by atoms with Gasteiger partial charge in [-0.15, -0.1) is 0 Å². The van der Waals surface area contributed by atoms with Crippen molar-refractivity contribution in [1.29, 1.82) is 0 Å². The molecule has 0 saturated carbocycles. The van der Waals surface area contributed by atoms with E-state index in [0.717, 1.165) is 18.6 Å². The van der Waals surface area contributed by atoms with E-state index in [0.29, 0.717) is 0 Å². The highest BCUT2D eigenvalue weighted by atomic mass is 15.2. The summed E-state index contributed by atoms with van der Waals surface area (Å²) < 4.78 is 0. The summed E-state index contributed by atoms with van der Waals surface area (Å²) in [5.41, 5.74) is 5.45. The van der Waals surface area contributed by atoms with Gasteiger partial charge < -0.3 is 5.73 Å². The van der Waals surface area contributed by atoms with Gasteiger partial charge in [0.05, 0.1) is 0 Å². The van der Waals surface area contributed by atoms with Gasteiger partial charge in [0.2, 0.25) is 0 Å². The maximum atomic E-state index is 5.45. The first-order valence-electron chi connectivity index (χ1n) is 4.71. The highest BCUT2D eigenvalue weighted by Gasteiger charge is 2.27. The van der Waals surface area contributed by atoms with Crippen LogP contribution in [0.25, 0.3) is 0 Å². The molecule has 0 radical (unpaired) electrons. The molecule has 11 heavy (non-hydrogen) atoms. The van der Waals surface area contributed by atoms with Crippen molar-refractivity contribution < 1.29 is 0 Å². The van der Waals surface area contributed by atoms with E-state index in [9.17, 15) is 0 Å². The van der Waals surface area contributed by atoms with Crippen LogP contribution in [0.3, 0.4) is 0 Å². The summed E-state index contributed by atoms with van der Waals surface area (Å²) in [6.45, 7) is 6.76. The van der Waals surface area contributed by atoms with Crippen LogP contribution in [-0.2, 0) is 0 Å². The highest BCUT2D eigenvalue weighted by molar-refractivity contribution is 4.82. The van der Waals surface area contributed by atoms with Gasteiger partial charge in [0.25, 0.3) is 0 Å². The molecule has 1 aliphatic rings. The average molecular weight is 156 g/mol. The molecule has 2 nitrogen and oxygen atoms in total. The lowest BCUT2D eigenvalue weighted by atomic mass is 10.00. The Bertz CT molecular complexity index is 114. The SMILES string of the molecule is CC(CCCN)N1CCC1C. The Morgan fingerprint density at radius 3 is 2.73 bits per heavy atom. The second-order valence-corrected chi connectivity index (χ2v) is 3.66. The first-order chi connectivity index (χ1) is 5.25. The summed E-state index contributed by atoms with van der Waals surface area (Å²) >= 11 is 0. The number of nitrogens with zero attached hydrogens (tertiary/aromatic N) is 1. The van der Waals surface area contributed by atoms with Crippen LogP contribution in [-0.4, -0.2) is 30.1 Å². The Morgan fingerprint density at radius 2 is 2.36 bits per heavy atom. The van der Waals surface area contributed by atoms with Crippen molar-refractivity contribution in [2.45, 2.75) is 45.2 Å². The molecule has 0 bridgehead atoms. The van der Waals surface area contributed by atoms with Crippen molar-refractivity contribution in [2.75, 3.05) is 13.1 Å². The number of hydrogen-bond acceptors (Lipinski definition) is 2. The van der Waals surface area contributed by atoms with Crippen molar-refractivity contribution in [3.63, 3.8) is 0 Å². The molecule has 66 valence electrons. The van der Waals surface area contributed by atoms with E-state index in [1.807, 2.05) is 0 Å². The molecule has 1 saturated heterocycles. The number of likely N-dealkylation sites (tertiary alicyclic amines) is 1. The van der Waals surface area contributed by atoms with Crippen LogP contribution < -0.4 is 5.73 Å². The van der Waals surface area contributed by atoms with Crippen LogP contribution in [0, 0.1) is 0 Å². The largest absolute Gasteiger partial charge is 0.330 e. The van der Waals surface area contributed by atoms with Gasteiger partial charge in [-0.1, -0.05) is 0 Å². The zero-order valence-electron chi connectivity index (χ0n) is 7.71. The standard InChI is InChI=1S/C9H20N2/c1-8(4-3-6-10)11-7-5-9(11)2/h8-9H,3-7,10H2,1-2H3. The molecule has 0 aromatic heterocycles. The fraction of sp³-hybridized carbons (Fsp3) is 1.00. The average Bonchev–Trinajstić information content (AvgIpc) is 1.98. The van der Waals surface area contributed by atoms with Gasteiger partial charge in [-0.05, 0) is 39.7 Å². The predicted octanol–water partition coefficient (Wildman–Crippen LogP) is 1.21. The Labute approximate surface area is 69.8 Å². The molecule has 0 spiro atoms. The van der Waals surface area contributed by atoms with E-state index in [1.54, 1.807) is 0 Å². The van der Waals surface area contributed by atoms with Crippen LogP contribution in [0.5, 0.6) is 0 Å². The first-order valence-corrected chi connectivity index (χ1v) is 4.71. The summed E-state index contributed by atoms with van der Waals surface area (Å²) in [5, 5.41) is 0. The maximum Gasteiger partial charge on any atom is 0.00819 e. The van der Waals surface area contributed by atoms with Crippen LogP contribution in [0.4, 0.5) is 0 Å². The summed E-state index contributed by atoms with van der Waals surface area (Å²) in [6.07, 6.45) is 3.82. The molecule has 1 heterocycles. The summed E-state index contributed by atoms with van der Waals surface area (Å²) in [7, 11) is 0. The second kappa shape index (κ2) is 4.07. The summed E-state index contributed by atoms with van der Waals surface area (Å²) in [6, 6.07) is 1.57. The molecule has 2 N–H and O–H groups in total. The zero-order valence-corrected chi connectivity index (χ0v) is 7.71. The van der Waals surface area contributed by atoms with E-state index in [4.69, 9.17) is 5.73 Å². The lowest BCUT2D eigenvalue weighted by Gasteiger charge is -2.43. The molecule has 0 aromatic rings. The van der Waals surface area contributed by atoms with Crippen molar-refractivity contribution in [1.82, 2.24) is 4.90 Å². The number of nitrogens with two attached hydrogens (primary N) is 1. The van der Waals surface area contributed by atoms with Crippen LogP contribution in [0.2, 0.25) is 0 Å². The van der Waals surface area contributed by atoms with Gasteiger partial charge >= 0.3 is 0 Å². The maximum absolute atomic E-state index is 5.45. The lowest BCUT2D eigenvalue weighted by Crippen LogP contribution is -2.50. The molecule has 0 aromatic carbocycles. The fourth-order valence-electron chi connectivity index (χ4n) is 1.77. The van der Waals surface area contributed by atoms with Crippen molar-refractivity contribution >= 4 is 0 Å². The van der Waals surface area contributed by atoms with E-state index in [-0.39, 0.29) is 0 Å². The third-order valence-corrected chi connectivity index (χ3v) is 2.76.